The van der Waals surface area contributed by atoms with Crippen molar-refractivity contribution in [3.63, 3.8) is 0 Å². The zero-order valence-electron chi connectivity index (χ0n) is 9.41. The molecule has 1 aromatic carbocycles. The summed E-state index contributed by atoms with van der Waals surface area (Å²) in [6, 6.07) is 2.71. The summed E-state index contributed by atoms with van der Waals surface area (Å²) in [7, 11) is -3.48. The monoisotopic (exact) mass is 262 g/mol. The summed E-state index contributed by atoms with van der Waals surface area (Å²) in [6.45, 7) is 1.26. The fourth-order valence-electron chi connectivity index (χ4n) is 1.30. The number of rotatable bonds is 4. The third-order valence-electron chi connectivity index (χ3n) is 2.40. The van der Waals surface area contributed by atoms with Crippen LogP contribution in [-0.4, -0.2) is 25.7 Å². The third kappa shape index (κ3) is 3.89. The standard InChI is InChI=1S/C11H12F2O3S/c1-7(17(2,15)16)11(14)5-8-3-9(12)6-10(13)4-8/h3-4,6-7H,5H2,1-2H3. The van der Waals surface area contributed by atoms with Crippen molar-refractivity contribution in [2.75, 3.05) is 6.26 Å². The first-order chi connectivity index (χ1) is 7.70. The molecular weight excluding hydrogens is 250 g/mol. The van der Waals surface area contributed by atoms with E-state index >= 15 is 0 Å². The Kier molecular flexibility index (Phi) is 3.98. The average Bonchev–Trinajstić information content (AvgIpc) is 2.13. The highest BCUT2D eigenvalue weighted by molar-refractivity contribution is 7.92. The number of Topliss-reactive ketones (excluding diaryl/α,β-unsaturated/α-hetero) is 1. The third-order valence-corrected chi connectivity index (χ3v) is 3.94. The molecule has 0 fully saturated rings. The van der Waals surface area contributed by atoms with Gasteiger partial charge in [-0.05, 0) is 24.6 Å². The first kappa shape index (κ1) is 13.8. The molecule has 0 aliphatic carbocycles. The summed E-state index contributed by atoms with van der Waals surface area (Å²) < 4.78 is 47.9. The lowest BCUT2D eigenvalue weighted by molar-refractivity contribution is -0.117. The molecule has 0 heterocycles. The van der Waals surface area contributed by atoms with E-state index in [0.29, 0.717) is 6.07 Å². The van der Waals surface area contributed by atoms with Crippen LogP contribution in [0.3, 0.4) is 0 Å². The molecule has 0 aromatic heterocycles. The molecule has 17 heavy (non-hydrogen) atoms. The summed E-state index contributed by atoms with van der Waals surface area (Å²) in [5.74, 6) is -2.17. The maximum atomic E-state index is 12.8. The maximum absolute atomic E-state index is 12.8. The van der Waals surface area contributed by atoms with Crippen LogP contribution in [-0.2, 0) is 21.1 Å². The number of ketones is 1. The zero-order valence-corrected chi connectivity index (χ0v) is 10.2. The fraction of sp³-hybridized carbons (Fsp3) is 0.364. The normalized spacial score (nSPS) is 13.4. The van der Waals surface area contributed by atoms with Gasteiger partial charge in [-0.1, -0.05) is 0 Å². The summed E-state index contributed by atoms with van der Waals surface area (Å²) in [6.07, 6.45) is 0.643. The quantitative estimate of drug-likeness (QED) is 0.826. The molecule has 1 unspecified atom stereocenters. The lowest BCUT2D eigenvalue weighted by atomic mass is 10.1. The van der Waals surface area contributed by atoms with E-state index in [0.717, 1.165) is 18.4 Å². The van der Waals surface area contributed by atoms with Gasteiger partial charge in [0.25, 0.3) is 0 Å². The first-order valence-corrected chi connectivity index (χ1v) is 6.82. The number of sulfone groups is 1. The zero-order chi connectivity index (χ0) is 13.2. The second-order valence-corrected chi connectivity index (χ2v) is 6.26. The van der Waals surface area contributed by atoms with Crippen molar-refractivity contribution in [3.8, 4) is 0 Å². The number of benzene rings is 1. The van der Waals surface area contributed by atoms with E-state index in [-0.39, 0.29) is 12.0 Å². The van der Waals surface area contributed by atoms with Crippen LogP contribution in [0.1, 0.15) is 12.5 Å². The molecule has 1 aromatic rings. The molecule has 0 aliphatic heterocycles. The van der Waals surface area contributed by atoms with Crippen LogP contribution in [0.15, 0.2) is 18.2 Å². The van der Waals surface area contributed by atoms with Crippen molar-refractivity contribution in [1.82, 2.24) is 0 Å². The highest BCUT2D eigenvalue weighted by atomic mass is 32.2. The van der Waals surface area contributed by atoms with Crippen LogP contribution >= 0.6 is 0 Å². The van der Waals surface area contributed by atoms with E-state index in [4.69, 9.17) is 0 Å². The highest BCUT2D eigenvalue weighted by Gasteiger charge is 2.23. The molecule has 0 saturated heterocycles. The topological polar surface area (TPSA) is 51.2 Å². The second kappa shape index (κ2) is 4.91. The van der Waals surface area contributed by atoms with Crippen molar-refractivity contribution in [3.05, 3.63) is 35.4 Å². The number of hydrogen-bond acceptors (Lipinski definition) is 3. The summed E-state index contributed by atoms with van der Waals surface area (Å²) in [4.78, 5) is 11.6. The van der Waals surface area contributed by atoms with Crippen molar-refractivity contribution in [1.29, 1.82) is 0 Å². The SMILES string of the molecule is CC(C(=O)Cc1cc(F)cc(F)c1)S(C)(=O)=O. The van der Waals surface area contributed by atoms with Gasteiger partial charge in [0, 0.05) is 18.7 Å². The number of halogens is 2. The predicted molar refractivity (Wildman–Crippen MR) is 59.4 cm³/mol. The Morgan fingerprint density at radius 1 is 1.24 bits per heavy atom. The van der Waals surface area contributed by atoms with Gasteiger partial charge in [-0.25, -0.2) is 17.2 Å². The van der Waals surface area contributed by atoms with Crippen LogP contribution in [0.5, 0.6) is 0 Å². The minimum absolute atomic E-state index is 0.128. The lowest BCUT2D eigenvalue weighted by Crippen LogP contribution is -2.27. The van der Waals surface area contributed by atoms with E-state index in [1.54, 1.807) is 0 Å². The van der Waals surface area contributed by atoms with Crippen molar-refractivity contribution >= 4 is 15.6 Å². The van der Waals surface area contributed by atoms with Crippen LogP contribution in [0.25, 0.3) is 0 Å². The Morgan fingerprint density at radius 2 is 1.71 bits per heavy atom. The molecule has 94 valence electrons. The van der Waals surface area contributed by atoms with Crippen molar-refractivity contribution in [2.45, 2.75) is 18.6 Å². The molecule has 0 spiro atoms. The van der Waals surface area contributed by atoms with Gasteiger partial charge in [0.05, 0.1) is 0 Å². The number of carbonyl (C=O) groups excluding carboxylic acids is 1. The van der Waals surface area contributed by atoms with Gasteiger partial charge in [-0.3, -0.25) is 4.79 Å². The van der Waals surface area contributed by atoms with Crippen molar-refractivity contribution < 1.29 is 22.0 Å². The molecule has 1 rings (SSSR count). The largest absolute Gasteiger partial charge is 0.298 e. The smallest absolute Gasteiger partial charge is 0.157 e. The Bertz CT molecular complexity index is 517. The lowest BCUT2D eigenvalue weighted by Gasteiger charge is -2.08. The summed E-state index contributed by atoms with van der Waals surface area (Å²) in [5.41, 5.74) is 0.128. The highest BCUT2D eigenvalue weighted by Crippen LogP contribution is 2.11. The summed E-state index contributed by atoms with van der Waals surface area (Å²) in [5, 5.41) is -1.17. The Hall–Kier alpha value is -1.30. The molecule has 3 nitrogen and oxygen atoms in total. The van der Waals surface area contributed by atoms with Gasteiger partial charge in [0.15, 0.2) is 15.6 Å². The number of carbonyl (C=O) groups is 1. The average molecular weight is 262 g/mol. The van der Waals surface area contributed by atoms with Crippen LogP contribution in [0.4, 0.5) is 8.78 Å². The second-order valence-electron chi connectivity index (χ2n) is 3.89. The molecule has 0 N–H and O–H groups in total. The summed E-state index contributed by atoms with van der Waals surface area (Å²) >= 11 is 0. The van der Waals surface area contributed by atoms with Crippen LogP contribution < -0.4 is 0 Å². The molecule has 0 bridgehead atoms. The van der Waals surface area contributed by atoms with Crippen molar-refractivity contribution in [2.24, 2.45) is 0 Å². The minimum Gasteiger partial charge on any atom is -0.298 e. The molecule has 0 saturated carbocycles. The number of hydrogen-bond donors (Lipinski definition) is 0. The maximum Gasteiger partial charge on any atom is 0.157 e. The molecular formula is C11H12F2O3S. The van der Waals surface area contributed by atoms with E-state index in [2.05, 4.69) is 0 Å². The fourth-order valence-corrected chi connectivity index (χ4v) is 1.86. The molecule has 0 radical (unpaired) electrons. The van der Waals surface area contributed by atoms with Crippen LogP contribution in [0, 0.1) is 11.6 Å². The van der Waals surface area contributed by atoms with Gasteiger partial charge in [-0.15, -0.1) is 0 Å². The van der Waals surface area contributed by atoms with Crippen LogP contribution in [0.2, 0.25) is 0 Å². The Morgan fingerprint density at radius 3 is 2.12 bits per heavy atom. The predicted octanol–water partition coefficient (Wildman–Crippen LogP) is 1.51. The molecule has 1 atom stereocenters. The Balaban J connectivity index is 2.89. The van der Waals surface area contributed by atoms with Gasteiger partial charge in [0.1, 0.15) is 16.9 Å². The minimum atomic E-state index is -3.48. The molecule has 0 aliphatic rings. The van der Waals surface area contributed by atoms with E-state index in [1.807, 2.05) is 0 Å². The van der Waals surface area contributed by atoms with Gasteiger partial charge < -0.3 is 0 Å². The molecule has 6 heteroatoms. The Labute approximate surface area is 98.4 Å². The molecule has 0 amide bonds. The van der Waals surface area contributed by atoms with E-state index in [9.17, 15) is 22.0 Å². The van der Waals surface area contributed by atoms with E-state index in [1.165, 1.54) is 6.92 Å². The van der Waals surface area contributed by atoms with Gasteiger partial charge >= 0.3 is 0 Å². The first-order valence-electron chi connectivity index (χ1n) is 4.86. The van der Waals surface area contributed by atoms with Gasteiger partial charge in [-0.2, -0.15) is 0 Å². The van der Waals surface area contributed by atoms with E-state index < -0.39 is 32.5 Å². The van der Waals surface area contributed by atoms with Gasteiger partial charge in [0.2, 0.25) is 0 Å².